The van der Waals surface area contributed by atoms with Crippen molar-refractivity contribution in [3.05, 3.63) is 52.5 Å². The van der Waals surface area contributed by atoms with E-state index >= 15 is 0 Å². The van der Waals surface area contributed by atoms with E-state index in [-0.39, 0.29) is 5.75 Å². The highest BCUT2D eigenvalue weighted by molar-refractivity contribution is 9.10. The first-order valence-electron chi connectivity index (χ1n) is 5.43. The van der Waals surface area contributed by atoms with Crippen molar-refractivity contribution in [3.63, 3.8) is 0 Å². The van der Waals surface area contributed by atoms with Gasteiger partial charge in [0.15, 0.2) is 0 Å². The van der Waals surface area contributed by atoms with Crippen molar-refractivity contribution in [2.75, 3.05) is 7.11 Å². The molecule has 18 heavy (non-hydrogen) atoms. The average Bonchev–Trinajstić information content (AvgIpc) is 2.38. The Morgan fingerprint density at radius 3 is 2.33 bits per heavy atom. The summed E-state index contributed by atoms with van der Waals surface area (Å²) in [4.78, 5) is 0. The normalized spacial score (nSPS) is 10.1. The van der Waals surface area contributed by atoms with Crippen LogP contribution in [-0.2, 0) is 6.61 Å². The SMILES string of the molecule is COc1ccc(OCc2ccc(Br)cc2O)cc1. The molecule has 0 spiro atoms. The van der Waals surface area contributed by atoms with Crippen LogP contribution >= 0.6 is 15.9 Å². The third-order valence-corrected chi connectivity index (χ3v) is 2.99. The maximum Gasteiger partial charge on any atom is 0.123 e. The van der Waals surface area contributed by atoms with Crippen LogP contribution in [0.4, 0.5) is 0 Å². The predicted octanol–water partition coefficient (Wildman–Crippen LogP) is 3.74. The van der Waals surface area contributed by atoms with Gasteiger partial charge in [-0.05, 0) is 36.4 Å². The Morgan fingerprint density at radius 2 is 1.72 bits per heavy atom. The van der Waals surface area contributed by atoms with Crippen LogP contribution in [0.5, 0.6) is 17.2 Å². The van der Waals surface area contributed by atoms with Gasteiger partial charge >= 0.3 is 0 Å². The van der Waals surface area contributed by atoms with Crippen molar-refractivity contribution in [1.29, 1.82) is 0 Å². The largest absolute Gasteiger partial charge is 0.507 e. The molecule has 2 aromatic carbocycles. The third-order valence-electron chi connectivity index (χ3n) is 2.50. The Kier molecular flexibility index (Phi) is 4.10. The van der Waals surface area contributed by atoms with Gasteiger partial charge in [0.2, 0.25) is 0 Å². The van der Waals surface area contributed by atoms with Gasteiger partial charge in [-0.2, -0.15) is 0 Å². The lowest BCUT2D eigenvalue weighted by molar-refractivity contribution is 0.298. The Hall–Kier alpha value is -1.68. The Labute approximate surface area is 114 Å². The van der Waals surface area contributed by atoms with E-state index in [0.29, 0.717) is 6.61 Å². The van der Waals surface area contributed by atoms with Crippen molar-refractivity contribution in [3.8, 4) is 17.2 Å². The van der Waals surface area contributed by atoms with Crippen LogP contribution in [-0.4, -0.2) is 12.2 Å². The van der Waals surface area contributed by atoms with E-state index in [1.54, 1.807) is 13.2 Å². The van der Waals surface area contributed by atoms with Gasteiger partial charge in [0, 0.05) is 10.0 Å². The molecule has 3 nitrogen and oxygen atoms in total. The Morgan fingerprint density at radius 1 is 1.06 bits per heavy atom. The van der Waals surface area contributed by atoms with Crippen molar-refractivity contribution in [2.45, 2.75) is 6.61 Å². The lowest BCUT2D eigenvalue weighted by Crippen LogP contribution is -1.95. The summed E-state index contributed by atoms with van der Waals surface area (Å²) >= 11 is 3.29. The predicted molar refractivity (Wildman–Crippen MR) is 73.1 cm³/mol. The minimum atomic E-state index is 0.220. The Bertz CT molecular complexity index is 523. The summed E-state index contributed by atoms with van der Waals surface area (Å²) in [6.07, 6.45) is 0. The molecule has 0 bridgehead atoms. The minimum Gasteiger partial charge on any atom is -0.507 e. The molecule has 1 N–H and O–H groups in total. The number of hydrogen-bond acceptors (Lipinski definition) is 3. The first kappa shape index (κ1) is 12.8. The van der Waals surface area contributed by atoms with Crippen LogP contribution in [0.1, 0.15) is 5.56 Å². The molecular weight excluding hydrogens is 296 g/mol. The second-order valence-corrected chi connectivity index (χ2v) is 4.65. The molecule has 0 atom stereocenters. The molecule has 0 aliphatic carbocycles. The van der Waals surface area contributed by atoms with Crippen LogP contribution in [0.3, 0.4) is 0 Å². The summed E-state index contributed by atoms with van der Waals surface area (Å²) in [5, 5.41) is 9.72. The van der Waals surface area contributed by atoms with E-state index < -0.39 is 0 Å². The van der Waals surface area contributed by atoms with Gasteiger partial charge in [-0.1, -0.05) is 22.0 Å². The topological polar surface area (TPSA) is 38.7 Å². The van der Waals surface area contributed by atoms with Gasteiger partial charge < -0.3 is 14.6 Å². The van der Waals surface area contributed by atoms with Gasteiger partial charge in [-0.25, -0.2) is 0 Å². The van der Waals surface area contributed by atoms with Crippen LogP contribution in [0, 0.1) is 0 Å². The molecule has 0 saturated heterocycles. The molecule has 0 aromatic heterocycles. The number of halogens is 1. The standard InChI is InChI=1S/C14H13BrO3/c1-17-12-4-6-13(7-5-12)18-9-10-2-3-11(15)8-14(10)16/h2-8,16H,9H2,1H3. The van der Waals surface area contributed by atoms with Gasteiger partial charge in [0.05, 0.1) is 7.11 Å². The lowest BCUT2D eigenvalue weighted by atomic mass is 10.2. The van der Waals surface area contributed by atoms with Crippen LogP contribution in [0.15, 0.2) is 46.9 Å². The molecular formula is C14H13BrO3. The molecule has 0 heterocycles. The van der Waals surface area contributed by atoms with Crippen molar-refractivity contribution in [1.82, 2.24) is 0 Å². The fourth-order valence-electron chi connectivity index (χ4n) is 1.49. The quantitative estimate of drug-likeness (QED) is 0.935. The summed E-state index contributed by atoms with van der Waals surface area (Å²) in [6.45, 7) is 0.325. The first-order chi connectivity index (χ1) is 8.69. The minimum absolute atomic E-state index is 0.220. The second-order valence-electron chi connectivity index (χ2n) is 3.74. The molecule has 2 rings (SSSR count). The monoisotopic (exact) mass is 308 g/mol. The fraction of sp³-hybridized carbons (Fsp3) is 0.143. The molecule has 0 radical (unpaired) electrons. The number of phenolic OH excluding ortho intramolecular Hbond substituents is 1. The van der Waals surface area contributed by atoms with E-state index in [1.807, 2.05) is 36.4 Å². The summed E-state index contributed by atoms with van der Waals surface area (Å²) in [6, 6.07) is 12.7. The molecule has 2 aromatic rings. The van der Waals surface area contributed by atoms with Crippen molar-refractivity contribution < 1.29 is 14.6 Å². The maximum absolute atomic E-state index is 9.72. The summed E-state index contributed by atoms with van der Waals surface area (Å²) < 4.78 is 11.5. The smallest absolute Gasteiger partial charge is 0.123 e. The summed E-state index contributed by atoms with van der Waals surface area (Å²) in [7, 11) is 1.62. The van der Waals surface area contributed by atoms with E-state index in [4.69, 9.17) is 9.47 Å². The van der Waals surface area contributed by atoms with E-state index in [2.05, 4.69) is 15.9 Å². The molecule has 0 saturated carbocycles. The molecule has 0 aliphatic heterocycles. The van der Waals surface area contributed by atoms with Gasteiger partial charge in [0.1, 0.15) is 23.9 Å². The Balaban J connectivity index is 2.02. The second kappa shape index (κ2) is 5.78. The molecule has 0 fully saturated rings. The molecule has 94 valence electrons. The van der Waals surface area contributed by atoms with Crippen LogP contribution in [0.2, 0.25) is 0 Å². The van der Waals surface area contributed by atoms with Gasteiger partial charge in [-0.15, -0.1) is 0 Å². The fourth-order valence-corrected chi connectivity index (χ4v) is 1.84. The zero-order chi connectivity index (χ0) is 13.0. The first-order valence-corrected chi connectivity index (χ1v) is 6.22. The van der Waals surface area contributed by atoms with E-state index in [9.17, 15) is 5.11 Å². The van der Waals surface area contributed by atoms with Crippen LogP contribution in [0.25, 0.3) is 0 Å². The highest BCUT2D eigenvalue weighted by Crippen LogP contribution is 2.24. The molecule has 0 aliphatic rings. The third kappa shape index (κ3) is 3.17. The number of rotatable bonds is 4. The molecule has 4 heteroatoms. The van der Waals surface area contributed by atoms with Crippen molar-refractivity contribution >= 4 is 15.9 Å². The highest BCUT2D eigenvalue weighted by atomic mass is 79.9. The number of hydrogen-bond donors (Lipinski definition) is 1. The van der Waals surface area contributed by atoms with Gasteiger partial charge in [0.25, 0.3) is 0 Å². The van der Waals surface area contributed by atoms with E-state index in [1.165, 1.54) is 0 Å². The number of aromatic hydroxyl groups is 1. The van der Waals surface area contributed by atoms with E-state index in [0.717, 1.165) is 21.5 Å². The number of ether oxygens (including phenoxy) is 2. The molecule has 0 amide bonds. The van der Waals surface area contributed by atoms with Gasteiger partial charge in [-0.3, -0.25) is 0 Å². The summed E-state index contributed by atoms with van der Waals surface area (Å²) in [5.74, 6) is 1.74. The maximum atomic E-state index is 9.72. The molecule has 0 unspecified atom stereocenters. The zero-order valence-electron chi connectivity index (χ0n) is 9.89. The number of benzene rings is 2. The zero-order valence-corrected chi connectivity index (χ0v) is 11.5. The van der Waals surface area contributed by atoms with Crippen molar-refractivity contribution in [2.24, 2.45) is 0 Å². The number of phenols is 1. The highest BCUT2D eigenvalue weighted by Gasteiger charge is 2.03. The average molecular weight is 309 g/mol. The number of methoxy groups -OCH3 is 1. The lowest BCUT2D eigenvalue weighted by Gasteiger charge is -2.08. The van der Waals surface area contributed by atoms with Crippen LogP contribution < -0.4 is 9.47 Å². The summed E-state index contributed by atoms with van der Waals surface area (Å²) in [5.41, 5.74) is 0.744.